The number of hydrogen-bond donors (Lipinski definition) is 1. The molecule has 2 aromatic carbocycles. The SMILES string of the molecule is Cc1ccc(C=CC(=O)Nc2ccc(Br)c(Cl)c2)cc1. The van der Waals surface area contributed by atoms with Gasteiger partial charge in [0.15, 0.2) is 0 Å². The highest BCUT2D eigenvalue weighted by Crippen LogP contribution is 2.25. The minimum absolute atomic E-state index is 0.191. The summed E-state index contributed by atoms with van der Waals surface area (Å²) >= 11 is 9.27. The van der Waals surface area contributed by atoms with Crippen LogP contribution in [0.2, 0.25) is 5.02 Å². The lowest BCUT2D eigenvalue weighted by atomic mass is 10.1. The van der Waals surface area contributed by atoms with Gasteiger partial charge in [-0.2, -0.15) is 0 Å². The molecule has 1 amide bonds. The predicted molar refractivity (Wildman–Crippen MR) is 88.0 cm³/mol. The van der Waals surface area contributed by atoms with Gasteiger partial charge in [0.05, 0.1) is 5.02 Å². The van der Waals surface area contributed by atoms with Crippen LogP contribution in [0.15, 0.2) is 53.0 Å². The maximum atomic E-state index is 11.8. The van der Waals surface area contributed by atoms with Crippen LogP contribution in [0.4, 0.5) is 5.69 Å². The average molecular weight is 351 g/mol. The highest BCUT2D eigenvalue weighted by Gasteiger charge is 2.01. The fraction of sp³-hybridized carbons (Fsp3) is 0.0625. The molecule has 0 saturated heterocycles. The van der Waals surface area contributed by atoms with E-state index in [9.17, 15) is 4.79 Å². The summed E-state index contributed by atoms with van der Waals surface area (Å²) in [5.74, 6) is -0.191. The molecular formula is C16H13BrClNO. The fourth-order valence-corrected chi connectivity index (χ4v) is 2.03. The standard InChI is InChI=1S/C16H13BrClNO/c1-11-2-4-12(5-3-11)6-9-16(20)19-13-7-8-14(17)15(18)10-13/h2-10H,1H3,(H,19,20). The second-order valence-corrected chi connectivity index (χ2v) is 5.62. The molecule has 0 aliphatic rings. The summed E-state index contributed by atoms with van der Waals surface area (Å²) in [5.41, 5.74) is 2.84. The summed E-state index contributed by atoms with van der Waals surface area (Å²) in [4.78, 5) is 11.8. The number of carbonyl (C=O) groups excluding carboxylic acids is 1. The van der Waals surface area contributed by atoms with Gasteiger partial charge in [0.1, 0.15) is 0 Å². The van der Waals surface area contributed by atoms with Crippen molar-refractivity contribution in [3.8, 4) is 0 Å². The van der Waals surface area contributed by atoms with Crippen molar-refractivity contribution < 1.29 is 4.79 Å². The molecule has 20 heavy (non-hydrogen) atoms. The van der Waals surface area contributed by atoms with Gasteiger partial charge in [-0.15, -0.1) is 0 Å². The molecule has 0 heterocycles. The number of benzene rings is 2. The Morgan fingerprint density at radius 2 is 1.90 bits per heavy atom. The van der Waals surface area contributed by atoms with Crippen LogP contribution in [-0.4, -0.2) is 5.91 Å². The maximum absolute atomic E-state index is 11.8. The van der Waals surface area contributed by atoms with E-state index in [0.29, 0.717) is 10.7 Å². The van der Waals surface area contributed by atoms with Crippen LogP contribution in [0.25, 0.3) is 6.08 Å². The Hall–Kier alpha value is -1.58. The van der Waals surface area contributed by atoms with Gasteiger partial charge in [-0.1, -0.05) is 41.4 Å². The van der Waals surface area contributed by atoms with Crippen molar-refractivity contribution in [2.75, 3.05) is 5.32 Å². The van der Waals surface area contributed by atoms with Crippen LogP contribution in [0.3, 0.4) is 0 Å². The number of aryl methyl sites for hydroxylation is 1. The van der Waals surface area contributed by atoms with Crippen molar-refractivity contribution >= 4 is 45.2 Å². The monoisotopic (exact) mass is 349 g/mol. The van der Waals surface area contributed by atoms with Crippen molar-refractivity contribution in [3.05, 3.63) is 69.2 Å². The number of anilines is 1. The number of amides is 1. The Morgan fingerprint density at radius 1 is 1.20 bits per heavy atom. The van der Waals surface area contributed by atoms with Crippen molar-refractivity contribution in [1.82, 2.24) is 0 Å². The van der Waals surface area contributed by atoms with E-state index in [1.165, 1.54) is 11.6 Å². The second-order valence-electron chi connectivity index (χ2n) is 4.36. The first-order valence-corrected chi connectivity index (χ1v) is 7.22. The van der Waals surface area contributed by atoms with E-state index >= 15 is 0 Å². The van der Waals surface area contributed by atoms with Crippen molar-refractivity contribution in [1.29, 1.82) is 0 Å². The first kappa shape index (κ1) is 14.8. The first-order valence-electron chi connectivity index (χ1n) is 6.05. The smallest absolute Gasteiger partial charge is 0.248 e. The van der Waals surface area contributed by atoms with Gasteiger partial charge in [-0.05, 0) is 52.7 Å². The maximum Gasteiger partial charge on any atom is 0.248 e. The Balaban J connectivity index is 2.01. The zero-order valence-electron chi connectivity index (χ0n) is 10.9. The topological polar surface area (TPSA) is 29.1 Å². The van der Waals surface area contributed by atoms with E-state index in [1.807, 2.05) is 31.2 Å². The number of carbonyl (C=O) groups is 1. The Labute approximate surface area is 131 Å². The molecule has 0 spiro atoms. The zero-order valence-corrected chi connectivity index (χ0v) is 13.2. The fourth-order valence-electron chi connectivity index (χ4n) is 1.61. The Kier molecular flexibility index (Phi) is 4.99. The molecule has 2 rings (SSSR count). The lowest BCUT2D eigenvalue weighted by molar-refractivity contribution is -0.111. The van der Waals surface area contributed by atoms with Crippen molar-refractivity contribution in [2.24, 2.45) is 0 Å². The molecule has 0 atom stereocenters. The number of hydrogen-bond acceptors (Lipinski definition) is 1. The average Bonchev–Trinajstić information content (AvgIpc) is 2.42. The molecule has 4 heteroatoms. The molecule has 0 aliphatic heterocycles. The third-order valence-electron chi connectivity index (χ3n) is 2.69. The summed E-state index contributed by atoms with van der Waals surface area (Å²) in [6.45, 7) is 2.03. The second kappa shape index (κ2) is 6.73. The third-order valence-corrected chi connectivity index (χ3v) is 3.92. The normalized spacial score (nSPS) is 10.8. The van der Waals surface area contributed by atoms with E-state index in [2.05, 4.69) is 21.2 Å². The van der Waals surface area contributed by atoms with Crippen LogP contribution in [-0.2, 0) is 4.79 Å². The van der Waals surface area contributed by atoms with Crippen LogP contribution >= 0.6 is 27.5 Å². The number of nitrogens with one attached hydrogen (secondary N) is 1. The lowest BCUT2D eigenvalue weighted by Crippen LogP contribution is -2.07. The zero-order chi connectivity index (χ0) is 14.5. The van der Waals surface area contributed by atoms with Gasteiger partial charge < -0.3 is 5.32 Å². The summed E-state index contributed by atoms with van der Waals surface area (Å²) in [6, 6.07) is 13.2. The van der Waals surface area contributed by atoms with E-state index < -0.39 is 0 Å². The molecular weight excluding hydrogens is 338 g/mol. The summed E-state index contributed by atoms with van der Waals surface area (Å²) in [6.07, 6.45) is 3.27. The predicted octanol–water partition coefficient (Wildman–Crippen LogP) is 5.06. The van der Waals surface area contributed by atoms with E-state index in [1.54, 1.807) is 24.3 Å². The summed E-state index contributed by atoms with van der Waals surface area (Å²) < 4.78 is 0.798. The van der Waals surface area contributed by atoms with E-state index in [0.717, 1.165) is 10.0 Å². The van der Waals surface area contributed by atoms with Crippen LogP contribution in [0.5, 0.6) is 0 Å². The largest absolute Gasteiger partial charge is 0.322 e. The molecule has 0 aliphatic carbocycles. The summed E-state index contributed by atoms with van der Waals surface area (Å²) in [7, 11) is 0. The molecule has 1 N–H and O–H groups in total. The van der Waals surface area contributed by atoms with Gasteiger partial charge in [-0.25, -0.2) is 0 Å². The van der Waals surface area contributed by atoms with E-state index in [-0.39, 0.29) is 5.91 Å². The first-order chi connectivity index (χ1) is 9.54. The van der Waals surface area contributed by atoms with Gasteiger partial charge in [-0.3, -0.25) is 4.79 Å². The highest BCUT2D eigenvalue weighted by atomic mass is 79.9. The quantitative estimate of drug-likeness (QED) is 0.770. The van der Waals surface area contributed by atoms with Crippen LogP contribution < -0.4 is 5.32 Å². The Morgan fingerprint density at radius 3 is 2.55 bits per heavy atom. The number of rotatable bonds is 3. The third kappa shape index (κ3) is 4.22. The van der Waals surface area contributed by atoms with Gasteiger partial charge in [0, 0.05) is 16.2 Å². The molecule has 102 valence electrons. The molecule has 0 unspecified atom stereocenters. The van der Waals surface area contributed by atoms with Crippen LogP contribution in [0.1, 0.15) is 11.1 Å². The molecule has 0 radical (unpaired) electrons. The minimum atomic E-state index is -0.191. The molecule has 0 aromatic heterocycles. The van der Waals surface area contributed by atoms with Crippen LogP contribution in [0, 0.1) is 6.92 Å². The molecule has 2 nitrogen and oxygen atoms in total. The molecule has 0 bridgehead atoms. The molecule has 2 aromatic rings. The minimum Gasteiger partial charge on any atom is -0.322 e. The summed E-state index contributed by atoms with van der Waals surface area (Å²) in [5, 5.41) is 3.32. The molecule has 0 fully saturated rings. The number of halogens is 2. The van der Waals surface area contributed by atoms with E-state index in [4.69, 9.17) is 11.6 Å². The van der Waals surface area contributed by atoms with Gasteiger partial charge in [0.25, 0.3) is 0 Å². The van der Waals surface area contributed by atoms with Gasteiger partial charge in [0.2, 0.25) is 5.91 Å². The Bertz CT molecular complexity index is 650. The molecule has 0 saturated carbocycles. The highest BCUT2D eigenvalue weighted by molar-refractivity contribution is 9.10. The van der Waals surface area contributed by atoms with Crippen molar-refractivity contribution in [2.45, 2.75) is 6.92 Å². The van der Waals surface area contributed by atoms with Crippen molar-refractivity contribution in [3.63, 3.8) is 0 Å². The lowest BCUT2D eigenvalue weighted by Gasteiger charge is -2.03. The van der Waals surface area contributed by atoms with Gasteiger partial charge >= 0.3 is 0 Å².